The molecule has 0 fully saturated rings. The van der Waals surface area contributed by atoms with Crippen molar-refractivity contribution < 1.29 is 13.2 Å². The molecule has 0 amide bonds. The number of anilines is 3. The van der Waals surface area contributed by atoms with Crippen molar-refractivity contribution >= 4 is 29.2 Å². The third-order valence-electron chi connectivity index (χ3n) is 3.41. The number of nitrogens with zero attached hydrogens (tertiary/aromatic N) is 4. The molecule has 3 aromatic rings. The quantitative estimate of drug-likeness (QED) is 0.654. The van der Waals surface area contributed by atoms with E-state index in [0.717, 1.165) is 4.68 Å². The van der Waals surface area contributed by atoms with E-state index in [4.69, 9.17) is 17.3 Å². The maximum absolute atomic E-state index is 13.2. The number of alkyl halides is 3. The van der Waals surface area contributed by atoms with Gasteiger partial charge in [0.2, 0.25) is 11.9 Å². The molecule has 7 nitrogen and oxygen atoms in total. The minimum atomic E-state index is -4.58. The van der Waals surface area contributed by atoms with Crippen molar-refractivity contribution in [2.24, 2.45) is 7.05 Å². The fourth-order valence-corrected chi connectivity index (χ4v) is 2.87. The van der Waals surface area contributed by atoms with Crippen molar-refractivity contribution in [3.05, 3.63) is 34.6 Å². The van der Waals surface area contributed by atoms with Gasteiger partial charge in [0.05, 0.1) is 5.02 Å². The van der Waals surface area contributed by atoms with E-state index >= 15 is 0 Å². The summed E-state index contributed by atoms with van der Waals surface area (Å²) >= 11 is 6.25. The fraction of sp³-hybridized carbons (Fsp3) is 0.214. The predicted octanol–water partition coefficient (Wildman–Crippen LogP) is 3.51. The number of rotatable bonds is 3. The Morgan fingerprint density at radius 2 is 2.04 bits per heavy atom. The Morgan fingerprint density at radius 3 is 2.60 bits per heavy atom. The van der Waals surface area contributed by atoms with Crippen LogP contribution in [0.4, 0.5) is 30.8 Å². The van der Waals surface area contributed by atoms with Gasteiger partial charge in [-0.05, 0) is 24.6 Å². The third-order valence-corrected chi connectivity index (χ3v) is 3.71. The molecule has 0 aliphatic carbocycles. The summed E-state index contributed by atoms with van der Waals surface area (Å²) in [5, 5.41) is 12.8. The number of nitrogens with one attached hydrogen (secondary N) is 2. The molecule has 3 rings (SSSR count). The first kappa shape index (κ1) is 17.1. The van der Waals surface area contributed by atoms with E-state index in [2.05, 4.69) is 25.6 Å². The van der Waals surface area contributed by atoms with Crippen LogP contribution >= 0.6 is 11.6 Å². The number of aryl methyl sites for hydroxylation is 2. The molecule has 4 N–H and O–H groups in total. The summed E-state index contributed by atoms with van der Waals surface area (Å²) in [5.74, 6) is 0.352. The first-order valence-electron chi connectivity index (χ1n) is 7.01. The van der Waals surface area contributed by atoms with Gasteiger partial charge in [0.25, 0.3) is 0 Å². The summed E-state index contributed by atoms with van der Waals surface area (Å²) in [6.07, 6.45) is -3.29. The molecule has 0 saturated heterocycles. The molecule has 2 heterocycles. The lowest BCUT2D eigenvalue weighted by atomic mass is 10.00. The Balaban J connectivity index is 2.04. The molecule has 0 unspecified atom stereocenters. The van der Waals surface area contributed by atoms with Crippen LogP contribution in [0.2, 0.25) is 5.02 Å². The number of hydrogen-bond donors (Lipinski definition) is 3. The van der Waals surface area contributed by atoms with Gasteiger partial charge in [0.1, 0.15) is 0 Å². The van der Waals surface area contributed by atoms with E-state index in [-0.39, 0.29) is 28.0 Å². The lowest BCUT2D eigenvalue weighted by Gasteiger charge is -2.13. The van der Waals surface area contributed by atoms with Crippen molar-refractivity contribution in [2.45, 2.75) is 13.1 Å². The van der Waals surface area contributed by atoms with E-state index in [1.54, 1.807) is 13.0 Å². The lowest BCUT2D eigenvalue weighted by molar-refractivity contribution is -0.140. The molecular formula is C14H13ClF3N7. The summed E-state index contributed by atoms with van der Waals surface area (Å²) < 4.78 is 40.8. The Kier molecular flexibility index (Phi) is 4.07. The Bertz CT molecular complexity index is 906. The minimum Gasteiger partial charge on any atom is -0.368 e. The zero-order valence-electron chi connectivity index (χ0n) is 13.1. The molecule has 0 spiro atoms. The maximum Gasteiger partial charge on any atom is 0.435 e. The van der Waals surface area contributed by atoms with Crippen molar-refractivity contribution in [3.63, 3.8) is 0 Å². The van der Waals surface area contributed by atoms with Gasteiger partial charge in [-0.15, -0.1) is 5.10 Å². The van der Waals surface area contributed by atoms with Gasteiger partial charge in [0.15, 0.2) is 5.69 Å². The molecule has 2 aromatic heterocycles. The van der Waals surface area contributed by atoms with Crippen LogP contribution in [0.3, 0.4) is 0 Å². The second-order valence-corrected chi connectivity index (χ2v) is 5.79. The molecule has 0 saturated carbocycles. The van der Waals surface area contributed by atoms with Gasteiger partial charge in [-0.25, -0.2) is 5.10 Å². The largest absolute Gasteiger partial charge is 0.435 e. The maximum atomic E-state index is 13.2. The monoisotopic (exact) mass is 371 g/mol. The molecule has 0 bridgehead atoms. The standard InChI is InChI=1S/C14H13ClF3N7/c1-6-3-7(20-13-21-12(19)22-23-13)4-9(15)10(6)8-5-25(2)24-11(8)14(16,17)18/h3-5H,1-2H3,(H4,19,20,21,22,23). The van der Waals surface area contributed by atoms with Crippen LogP contribution in [-0.4, -0.2) is 25.0 Å². The van der Waals surface area contributed by atoms with Crippen molar-refractivity contribution in [3.8, 4) is 11.1 Å². The number of nitrogens with two attached hydrogens (primary N) is 1. The topological polar surface area (TPSA) is 97.4 Å². The Hall–Kier alpha value is -2.75. The number of benzene rings is 1. The van der Waals surface area contributed by atoms with Gasteiger partial charge < -0.3 is 11.1 Å². The number of aromatic nitrogens is 5. The molecular weight excluding hydrogens is 359 g/mol. The van der Waals surface area contributed by atoms with Crippen molar-refractivity contribution in [1.82, 2.24) is 25.0 Å². The molecule has 0 aliphatic rings. The first-order valence-corrected chi connectivity index (χ1v) is 7.39. The number of hydrogen-bond acceptors (Lipinski definition) is 5. The number of halogens is 4. The second-order valence-electron chi connectivity index (χ2n) is 5.38. The van der Waals surface area contributed by atoms with Crippen LogP contribution in [0.1, 0.15) is 11.3 Å². The van der Waals surface area contributed by atoms with Gasteiger partial charge in [-0.1, -0.05) is 11.6 Å². The predicted molar refractivity (Wildman–Crippen MR) is 87.5 cm³/mol. The molecule has 0 atom stereocenters. The third kappa shape index (κ3) is 3.38. The highest BCUT2D eigenvalue weighted by Gasteiger charge is 2.38. The summed E-state index contributed by atoms with van der Waals surface area (Å²) in [4.78, 5) is 3.89. The Labute approximate surface area is 145 Å². The van der Waals surface area contributed by atoms with E-state index in [9.17, 15) is 13.2 Å². The van der Waals surface area contributed by atoms with Gasteiger partial charge in [0, 0.05) is 30.1 Å². The number of nitrogen functional groups attached to an aromatic ring is 1. The molecule has 11 heteroatoms. The zero-order chi connectivity index (χ0) is 18.4. The van der Waals surface area contributed by atoms with E-state index in [0.29, 0.717) is 11.3 Å². The van der Waals surface area contributed by atoms with Crippen LogP contribution < -0.4 is 11.1 Å². The smallest absolute Gasteiger partial charge is 0.368 e. The number of H-pyrrole nitrogens is 1. The lowest BCUT2D eigenvalue weighted by Crippen LogP contribution is -2.08. The van der Waals surface area contributed by atoms with Crippen LogP contribution in [-0.2, 0) is 13.2 Å². The average molecular weight is 372 g/mol. The first-order chi connectivity index (χ1) is 11.6. The SMILES string of the molecule is Cc1cc(Nc2n[nH]c(N)n2)cc(Cl)c1-c1cn(C)nc1C(F)(F)F. The average Bonchev–Trinajstić information content (AvgIpc) is 3.04. The molecule has 1 aromatic carbocycles. The van der Waals surface area contributed by atoms with Crippen molar-refractivity contribution in [1.29, 1.82) is 0 Å². The Morgan fingerprint density at radius 1 is 1.32 bits per heavy atom. The summed E-state index contributed by atoms with van der Waals surface area (Å²) in [7, 11) is 1.42. The second kappa shape index (κ2) is 5.96. The van der Waals surface area contributed by atoms with Crippen LogP contribution in [0, 0.1) is 6.92 Å². The minimum absolute atomic E-state index is 0.0776. The molecule has 132 valence electrons. The molecule has 25 heavy (non-hydrogen) atoms. The summed E-state index contributed by atoms with van der Waals surface area (Å²) in [6.45, 7) is 1.66. The number of aromatic amines is 1. The van der Waals surface area contributed by atoms with Crippen LogP contribution in [0.15, 0.2) is 18.3 Å². The van der Waals surface area contributed by atoms with E-state index in [1.807, 2.05) is 0 Å². The van der Waals surface area contributed by atoms with E-state index < -0.39 is 11.9 Å². The normalized spacial score (nSPS) is 11.8. The highest BCUT2D eigenvalue weighted by molar-refractivity contribution is 6.34. The highest BCUT2D eigenvalue weighted by Crippen LogP contribution is 2.41. The molecule has 0 radical (unpaired) electrons. The summed E-state index contributed by atoms with van der Waals surface area (Å²) in [5.41, 5.74) is 5.70. The fourth-order valence-electron chi connectivity index (χ4n) is 2.50. The van der Waals surface area contributed by atoms with Gasteiger partial charge in [-0.2, -0.15) is 23.3 Å². The molecule has 0 aliphatic heterocycles. The van der Waals surface area contributed by atoms with Crippen LogP contribution in [0.5, 0.6) is 0 Å². The van der Waals surface area contributed by atoms with Gasteiger partial charge in [-0.3, -0.25) is 4.68 Å². The van der Waals surface area contributed by atoms with Crippen LogP contribution in [0.25, 0.3) is 11.1 Å². The van der Waals surface area contributed by atoms with Gasteiger partial charge >= 0.3 is 6.18 Å². The van der Waals surface area contributed by atoms with E-state index in [1.165, 1.54) is 19.3 Å². The zero-order valence-corrected chi connectivity index (χ0v) is 13.9. The highest BCUT2D eigenvalue weighted by atomic mass is 35.5. The summed E-state index contributed by atoms with van der Waals surface area (Å²) in [6, 6.07) is 3.13. The van der Waals surface area contributed by atoms with Crippen molar-refractivity contribution in [2.75, 3.05) is 11.1 Å².